The van der Waals surface area contributed by atoms with Crippen LogP contribution < -0.4 is 0 Å². The first-order chi connectivity index (χ1) is 6.99. The van der Waals surface area contributed by atoms with Crippen LogP contribution in [0.1, 0.15) is 23.8 Å². The van der Waals surface area contributed by atoms with Gasteiger partial charge in [-0.15, -0.1) is 11.6 Å². The monoisotopic (exact) mass is 234 g/mol. The lowest BCUT2D eigenvalue weighted by Gasteiger charge is -2.08. The SMILES string of the molecule is O=C(O)CCC(Cl)c1cc(F)cc(F)c1. The van der Waals surface area contributed by atoms with Crippen molar-refractivity contribution in [3.8, 4) is 0 Å². The molecule has 0 bridgehead atoms. The Labute approximate surface area is 90.5 Å². The van der Waals surface area contributed by atoms with Gasteiger partial charge < -0.3 is 5.11 Å². The quantitative estimate of drug-likeness (QED) is 0.813. The highest BCUT2D eigenvalue weighted by atomic mass is 35.5. The molecule has 0 spiro atoms. The van der Waals surface area contributed by atoms with Crippen LogP contribution >= 0.6 is 11.6 Å². The Balaban J connectivity index is 2.72. The van der Waals surface area contributed by atoms with Crippen LogP contribution in [-0.2, 0) is 4.79 Å². The number of carbonyl (C=O) groups is 1. The van der Waals surface area contributed by atoms with E-state index >= 15 is 0 Å². The third-order valence-electron chi connectivity index (χ3n) is 1.86. The molecule has 0 aromatic heterocycles. The summed E-state index contributed by atoms with van der Waals surface area (Å²) in [6.45, 7) is 0. The molecule has 1 aromatic rings. The normalized spacial score (nSPS) is 12.5. The van der Waals surface area contributed by atoms with Gasteiger partial charge >= 0.3 is 5.97 Å². The summed E-state index contributed by atoms with van der Waals surface area (Å²) in [4.78, 5) is 10.3. The second-order valence-corrected chi connectivity index (χ2v) is 3.63. The van der Waals surface area contributed by atoms with Crippen molar-refractivity contribution in [2.45, 2.75) is 18.2 Å². The lowest BCUT2D eigenvalue weighted by molar-refractivity contribution is -0.137. The van der Waals surface area contributed by atoms with E-state index in [4.69, 9.17) is 16.7 Å². The minimum absolute atomic E-state index is 0.133. The smallest absolute Gasteiger partial charge is 0.303 e. The second-order valence-electron chi connectivity index (χ2n) is 3.10. The molecular weight excluding hydrogens is 226 g/mol. The third kappa shape index (κ3) is 3.83. The van der Waals surface area contributed by atoms with Crippen LogP contribution in [0.4, 0.5) is 8.78 Å². The molecule has 0 aliphatic heterocycles. The molecule has 15 heavy (non-hydrogen) atoms. The van der Waals surface area contributed by atoms with E-state index in [9.17, 15) is 13.6 Å². The summed E-state index contributed by atoms with van der Waals surface area (Å²) in [5, 5.41) is 7.72. The topological polar surface area (TPSA) is 37.3 Å². The van der Waals surface area contributed by atoms with E-state index in [0.717, 1.165) is 18.2 Å². The molecule has 1 aromatic carbocycles. The maximum absolute atomic E-state index is 12.8. The molecule has 0 saturated carbocycles. The zero-order chi connectivity index (χ0) is 11.4. The van der Waals surface area contributed by atoms with Crippen molar-refractivity contribution in [3.63, 3.8) is 0 Å². The van der Waals surface area contributed by atoms with Crippen molar-refractivity contribution in [2.24, 2.45) is 0 Å². The molecule has 1 rings (SSSR count). The van der Waals surface area contributed by atoms with Crippen molar-refractivity contribution in [1.82, 2.24) is 0 Å². The summed E-state index contributed by atoms with van der Waals surface area (Å²) < 4.78 is 25.5. The molecule has 0 amide bonds. The highest BCUT2D eigenvalue weighted by molar-refractivity contribution is 6.20. The van der Waals surface area contributed by atoms with E-state index in [1.54, 1.807) is 0 Å². The highest BCUT2D eigenvalue weighted by Gasteiger charge is 2.12. The van der Waals surface area contributed by atoms with Crippen LogP contribution in [-0.4, -0.2) is 11.1 Å². The number of benzene rings is 1. The predicted octanol–water partition coefficient (Wildman–Crippen LogP) is 3.11. The van der Waals surface area contributed by atoms with Crippen LogP contribution in [0.3, 0.4) is 0 Å². The molecule has 0 saturated heterocycles. The van der Waals surface area contributed by atoms with Crippen molar-refractivity contribution in [2.75, 3.05) is 0 Å². The van der Waals surface area contributed by atoms with Gasteiger partial charge in [0, 0.05) is 12.5 Å². The molecular formula is C10H9ClF2O2. The van der Waals surface area contributed by atoms with E-state index in [1.165, 1.54) is 0 Å². The maximum atomic E-state index is 12.8. The van der Waals surface area contributed by atoms with Crippen molar-refractivity contribution in [3.05, 3.63) is 35.4 Å². The average molecular weight is 235 g/mol. The average Bonchev–Trinajstić information content (AvgIpc) is 2.12. The Morgan fingerprint density at radius 1 is 1.33 bits per heavy atom. The number of hydrogen-bond acceptors (Lipinski definition) is 1. The maximum Gasteiger partial charge on any atom is 0.303 e. The third-order valence-corrected chi connectivity index (χ3v) is 2.33. The van der Waals surface area contributed by atoms with Gasteiger partial charge in [0.15, 0.2) is 0 Å². The first-order valence-corrected chi connectivity index (χ1v) is 4.74. The Hall–Kier alpha value is -1.16. The second kappa shape index (κ2) is 5.07. The van der Waals surface area contributed by atoms with Crippen molar-refractivity contribution < 1.29 is 18.7 Å². The van der Waals surface area contributed by atoms with Crippen molar-refractivity contribution >= 4 is 17.6 Å². The van der Waals surface area contributed by atoms with Crippen LogP contribution in [0.5, 0.6) is 0 Å². The Morgan fingerprint density at radius 2 is 1.87 bits per heavy atom. The summed E-state index contributed by atoms with van der Waals surface area (Å²) in [6.07, 6.45) is 0.00603. The number of carboxylic acid groups (broad SMARTS) is 1. The molecule has 82 valence electrons. The molecule has 1 atom stereocenters. The zero-order valence-corrected chi connectivity index (χ0v) is 8.47. The molecule has 1 unspecified atom stereocenters. The van der Waals surface area contributed by atoms with Gasteiger partial charge in [-0.05, 0) is 24.1 Å². The van der Waals surface area contributed by atoms with E-state index in [0.29, 0.717) is 0 Å². The molecule has 0 fully saturated rings. The van der Waals surface area contributed by atoms with Crippen LogP contribution in [0.25, 0.3) is 0 Å². The predicted molar refractivity (Wildman–Crippen MR) is 51.8 cm³/mol. The molecule has 0 heterocycles. The van der Waals surface area contributed by atoms with Gasteiger partial charge in [0.25, 0.3) is 0 Å². The van der Waals surface area contributed by atoms with Gasteiger partial charge in [-0.2, -0.15) is 0 Å². The van der Waals surface area contributed by atoms with Crippen LogP contribution in [0.15, 0.2) is 18.2 Å². The summed E-state index contributed by atoms with van der Waals surface area (Å²) in [6, 6.07) is 2.94. The molecule has 0 radical (unpaired) electrons. The molecule has 5 heteroatoms. The van der Waals surface area contributed by atoms with Gasteiger partial charge in [-0.1, -0.05) is 0 Å². The number of carboxylic acids is 1. The van der Waals surface area contributed by atoms with Gasteiger partial charge in [-0.25, -0.2) is 8.78 Å². The lowest BCUT2D eigenvalue weighted by atomic mass is 10.1. The summed E-state index contributed by atoms with van der Waals surface area (Å²) in [7, 11) is 0. The fourth-order valence-corrected chi connectivity index (χ4v) is 1.41. The number of aliphatic carboxylic acids is 1. The fraction of sp³-hybridized carbons (Fsp3) is 0.300. The van der Waals surface area contributed by atoms with E-state index in [1.807, 2.05) is 0 Å². The molecule has 2 nitrogen and oxygen atoms in total. The molecule has 0 aliphatic carbocycles. The number of alkyl halides is 1. The van der Waals surface area contributed by atoms with Crippen LogP contribution in [0, 0.1) is 11.6 Å². The highest BCUT2D eigenvalue weighted by Crippen LogP contribution is 2.26. The van der Waals surface area contributed by atoms with Gasteiger partial charge in [0.2, 0.25) is 0 Å². The first-order valence-electron chi connectivity index (χ1n) is 4.31. The Morgan fingerprint density at radius 3 is 2.33 bits per heavy atom. The molecule has 1 N–H and O–H groups in total. The van der Waals surface area contributed by atoms with Crippen LogP contribution in [0.2, 0.25) is 0 Å². The summed E-state index contributed by atoms with van der Waals surface area (Å²) >= 11 is 5.80. The van der Waals surface area contributed by atoms with E-state index in [2.05, 4.69) is 0 Å². The van der Waals surface area contributed by atoms with Gasteiger partial charge in [0.1, 0.15) is 11.6 Å². The standard InChI is InChI=1S/C10H9ClF2O2/c11-9(1-2-10(14)15)6-3-7(12)5-8(13)4-6/h3-5,9H,1-2H2,(H,14,15). The van der Waals surface area contributed by atoms with E-state index in [-0.39, 0.29) is 18.4 Å². The number of hydrogen-bond donors (Lipinski definition) is 1. The first kappa shape index (κ1) is 11.9. The lowest BCUT2D eigenvalue weighted by Crippen LogP contribution is -1.99. The minimum atomic E-state index is -0.988. The zero-order valence-electron chi connectivity index (χ0n) is 7.71. The van der Waals surface area contributed by atoms with Gasteiger partial charge in [0.05, 0.1) is 5.38 Å². The van der Waals surface area contributed by atoms with Crippen molar-refractivity contribution in [1.29, 1.82) is 0 Å². The Bertz CT molecular complexity index is 348. The largest absolute Gasteiger partial charge is 0.481 e. The summed E-state index contributed by atoms with van der Waals surface area (Å²) in [5.41, 5.74) is 0.260. The summed E-state index contributed by atoms with van der Waals surface area (Å²) in [5.74, 6) is -2.42. The fourth-order valence-electron chi connectivity index (χ4n) is 1.17. The number of rotatable bonds is 4. The number of halogens is 3. The van der Waals surface area contributed by atoms with Gasteiger partial charge in [-0.3, -0.25) is 4.79 Å². The van der Waals surface area contributed by atoms with E-state index < -0.39 is 23.0 Å². The Kier molecular flexibility index (Phi) is 4.03. The molecule has 0 aliphatic rings. The minimum Gasteiger partial charge on any atom is -0.481 e.